The molecule has 106 valence electrons. The van der Waals surface area contributed by atoms with Gasteiger partial charge in [0.25, 0.3) is 11.8 Å². The Labute approximate surface area is 130 Å². The van der Waals surface area contributed by atoms with Crippen molar-refractivity contribution < 1.29 is 9.59 Å². The van der Waals surface area contributed by atoms with Crippen LogP contribution in [-0.2, 0) is 6.54 Å². The van der Waals surface area contributed by atoms with Gasteiger partial charge < -0.3 is 5.32 Å². The number of carbonyl (C=O) groups is 2. The predicted molar refractivity (Wildman–Crippen MR) is 84.4 cm³/mol. The molecule has 21 heavy (non-hydrogen) atoms. The topological polar surface area (TPSA) is 58.2 Å². The maximum atomic E-state index is 11.6. The average molecular weight is 345 g/mol. The molecule has 1 heterocycles. The molecule has 0 unspecified atom stereocenters. The van der Waals surface area contributed by atoms with Crippen LogP contribution >= 0.6 is 15.9 Å². The number of carbonyl (C=O) groups excluding carboxylic acids is 2. The number of rotatable bonds is 3. The highest BCUT2D eigenvalue weighted by atomic mass is 79.9. The molecule has 1 aliphatic heterocycles. The molecule has 2 aromatic rings. The fourth-order valence-corrected chi connectivity index (χ4v) is 2.65. The molecule has 2 N–H and O–H groups in total. The first kappa shape index (κ1) is 13.8. The summed E-state index contributed by atoms with van der Waals surface area (Å²) >= 11 is 3.51. The van der Waals surface area contributed by atoms with E-state index in [9.17, 15) is 9.59 Å². The first-order chi connectivity index (χ1) is 10.0. The minimum atomic E-state index is -0.336. The fraction of sp³-hybridized carbons (Fsp3) is 0.125. The number of anilines is 1. The summed E-state index contributed by atoms with van der Waals surface area (Å²) in [5.74, 6) is -0.666. The number of imide groups is 1. The van der Waals surface area contributed by atoms with Crippen LogP contribution in [0.2, 0.25) is 0 Å². The molecule has 0 bridgehead atoms. The standard InChI is InChI=1S/C16H13BrN2O2/c1-9-2-3-10(6-14(9)17)8-18-11-4-5-12-13(7-11)16(21)19-15(12)20/h2-7,18H,8H2,1H3,(H,19,20,21). The summed E-state index contributed by atoms with van der Waals surface area (Å²) in [6, 6.07) is 11.3. The van der Waals surface area contributed by atoms with Gasteiger partial charge in [-0.2, -0.15) is 0 Å². The summed E-state index contributed by atoms with van der Waals surface area (Å²) in [5.41, 5.74) is 3.99. The number of hydrogen-bond acceptors (Lipinski definition) is 3. The van der Waals surface area contributed by atoms with Crippen LogP contribution in [-0.4, -0.2) is 11.8 Å². The number of amides is 2. The molecule has 0 atom stereocenters. The molecule has 0 radical (unpaired) electrons. The third-order valence-electron chi connectivity index (χ3n) is 3.47. The van der Waals surface area contributed by atoms with E-state index in [-0.39, 0.29) is 11.8 Å². The van der Waals surface area contributed by atoms with Crippen LogP contribution in [0.25, 0.3) is 0 Å². The Balaban J connectivity index is 1.77. The Bertz CT molecular complexity index is 756. The lowest BCUT2D eigenvalue weighted by Gasteiger charge is -2.09. The summed E-state index contributed by atoms with van der Waals surface area (Å²) in [4.78, 5) is 23.1. The van der Waals surface area contributed by atoms with Gasteiger partial charge in [-0.15, -0.1) is 0 Å². The van der Waals surface area contributed by atoms with Gasteiger partial charge in [0.2, 0.25) is 0 Å². The monoisotopic (exact) mass is 344 g/mol. The van der Waals surface area contributed by atoms with Gasteiger partial charge in [0.1, 0.15) is 0 Å². The summed E-state index contributed by atoms with van der Waals surface area (Å²) in [7, 11) is 0. The van der Waals surface area contributed by atoms with Crippen molar-refractivity contribution in [2.75, 3.05) is 5.32 Å². The van der Waals surface area contributed by atoms with Crippen molar-refractivity contribution in [1.82, 2.24) is 5.32 Å². The highest BCUT2D eigenvalue weighted by molar-refractivity contribution is 9.10. The Hall–Kier alpha value is -2.14. The normalized spacial score (nSPS) is 13.0. The summed E-state index contributed by atoms with van der Waals surface area (Å²) in [5, 5.41) is 5.55. The lowest BCUT2D eigenvalue weighted by atomic mass is 10.1. The van der Waals surface area contributed by atoms with Crippen molar-refractivity contribution >= 4 is 33.4 Å². The number of hydrogen-bond donors (Lipinski definition) is 2. The smallest absolute Gasteiger partial charge is 0.259 e. The molecule has 0 aromatic heterocycles. The summed E-state index contributed by atoms with van der Waals surface area (Å²) in [6.07, 6.45) is 0. The fourth-order valence-electron chi connectivity index (χ4n) is 2.23. The van der Waals surface area contributed by atoms with Crippen LogP contribution in [0.5, 0.6) is 0 Å². The van der Waals surface area contributed by atoms with Crippen molar-refractivity contribution in [2.45, 2.75) is 13.5 Å². The van der Waals surface area contributed by atoms with Crippen molar-refractivity contribution in [3.8, 4) is 0 Å². The van der Waals surface area contributed by atoms with E-state index >= 15 is 0 Å². The third-order valence-corrected chi connectivity index (χ3v) is 4.32. The predicted octanol–water partition coefficient (Wildman–Crippen LogP) is 3.25. The quantitative estimate of drug-likeness (QED) is 0.840. The van der Waals surface area contributed by atoms with E-state index in [0.717, 1.165) is 15.7 Å². The highest BCUT2D eigenvalue weighted by Crippen LogP contribution is 2.22. The maximum absolute atomic E-state index is 11.6. The molecule has 5 heteroatoms. The first-order valence-electron chi connectivity index (χ1n) is 6.53. The number of aryl methyl sites for hydroxylation is 1. The van der Waals surface area contributed by atoms with Crippen LogP contribution < -0.4 is 10.6 Å². The van der Waals surface area contributed by atoms with Crippen molar-refractivity contribution in [1.29, 1.82) is 0 Å². The molecule has 2 amide bonds. The van der Waals surface area contributed by atoms with E-state index in [1.165, 1.54) is 5.56 Å². The minimum Gasteiger partial charge on any atom is -0.381 e. The second kappa shape index (κ2) is 5.33. The number of fused-ring (bicyclic) bond motifs is 1. The van der Waals surface area contributed by atoms with Crippen LogP contribution in [0.1, 0.15) is 31.8 Å². The van der Waals surface area contributed by atoms with Gasteiger partial charge in [-0.1, -0.05) is 28.1 Å². The average Bonchev–Trinajstić information content (AvgIpc) is 2.75. The van der Waals surface area contributed by atoms with Crippen LogP contribution in [0.15, 0.2) is 40.9 Å². The molecule has 0 aliphatic carbocycles. The van der Waals surface area contributed by atoms with Gasteiger partial charge in [0, 0.05) is 16.7 Å². The van der Waals surface area contributed by atoms with Crippen LogP contribution in [0.4, 0.5) is 5.69 Å². The SMILES string of the molecule is Cc1ccc(CNc2ccc3c(c2)C(=O)NC3=O)cc1Br. The third kappa shape index (κ3) is 2.69. The molecule has 2 aromatic carbocycles. The molecule has 0 saturated heterocycles. The molecule has 4 nitrogen and oxygen atoms in total. The van der Waals surface area contributed by atoms with Gasteiger partial charge in [-0.25, -0.2) is 0 Å². The Morgan fingerprint density at radius 3 is 2.57 bits per heavy atom. The molecule has 0 spiro atoms. The summed E-state index contributed by atoms with van der Waals surface area (Å²) < 4.78 is 1.07. The molecule has 0 saturated carbocycles. The maximum Gasteiger partial charge on any atom is 0.259 e. The van der Waals surface area contributed by atoms with E-state index in [1.807, 2.05) is 6.92 Å². The second-order valence-electron chi connectivity index (χ2n) is 4.98. The number of benzene rings is 2. The largest absolute Gasteiger partial charge is 0.381 e. The molecule has 0 fully saturated rings. The second-order valence-corrected chi connectivity index (χ2v) is 5.84. The van der Waals surface area contributed by atoms with Crippen molar-refractivity contribution in [3.63, 3.8) is 0 Å². The van der Waals surface area contributed by atoms with Gasteiger partial charge in [-0.3, -0.25) is 14.9 Å². The highest BCUT2D eigenvalue weighted by Gasteiger charge is 2.26. The van der Waals surface area contributed by atoms with E-state index in [0.29, 0.717) is 17.7 Å². The Morgan fingerprint density at radius 2 is 1.81 bits per heavy atom. The van der Waals surface area contributed by atoms with E-state index in [2.05, 4.69) is 44.8 Å². The zero-order valence-electron chi connectivity index (χ0n) is 11.4. The van der Waals surface area contributed by atoms with Gasteiger partial charge in [0.05, 0.1) is 11.1 Å². The number of halogens is 1. The molecular weight excluding hydrogens is 332 g/mol. The lowest BCUT2D eigenvalue weighted by molar-refractivity contribution is 0.0879. The van der Waals surface area contributed by atoms with Gasteiger partial charge in [-0.05, 0) is 42.3 Å². The lowest BCUT2D eigenvalue weighted by Crippen LogP contribution is -2.19. The summed E-state index contributed by atoms with van der Waals surface area (Å²) in [6.45, 7) is 2.69. The Kier molecular flexibility index (Phi) is 3.51. The van der Waals surface area contributed by atoms with E-state index in [4.69, 9.17) is 0 Å². The van der Waals surface area contributed by atoms with E-state index < -0.39 is 0 Å². The number of nitrogens with one attached hydrogen (secondary N) is 2. The van der Waals surface area contributed by atoms with Gasteiger partial charge in [0.15, 0.2) is 0 Å². The Morgan fingerprint density at radius 1 is 1.05 bits per heavy atom. The first-order valence-corrected chi connectivity index (χ1v) is 7.32. The molecule has 3 rings (SSSR count). The zero-order valence-corrected chi connectivity index (χ0v) is 13.0. The molecule has 1 aliphatic rings. The van der Waals surface area contributed by atoms with Crippen LogP contribution in [0.3, 0.4) is 0 Å². The van der Waals surface area contributed by atoms with E-state index in [1.54, 1.807) is 18.2 Å². The van der Waals surface area contributed by atoms with Gasteiger partial charge >= 0.3 is 0 Å². The van der Waals surface area contributed by atoms with Crippen molar-refractivity contribution in [3.05, 3.63) is 63.1 Å². The van der Waals surface area contributed by atoms with Crippen molar-refractivity contribution in [2.24, 2.45) is 0 Å². The minimum absolute atomic E-state index is 0.330. The van der Waals surface area contributed by atoms with Crippen LogP contribution in [0, 0.1) is 6.92 Å². The molecular formula is C16H13BrN2O2. The zero-order chi connectivity index (χ0) is 15.0.